The van der Waals surface area contributed by atoms with E-state index in [9.17, 15) is 18.5 Å². The minimum atomic E-state index is -4.08. The predicted octanol–water partition coefficient (Wildman–Crippen LogP) is 9.56. The van der Waals surface area contributed by atoms with E-state index < -0.39 is 44.2 Å². The van der Waals surface area contributed by atoms with E-state index in [0.717, 1.165) is 16.7 Å². The van der Waals surface area contributed by atoms with E-state index in [0.29, 0.717) is 0 Å². The molecular formula is C36H47ClF2N4O10P2. The summed E-state index contributed by atoms with van der Waals surface area (Å²) < 4.78 is 84.7. The van der Waals surface area contributed by atoms with E-state index in [2.05, 4.69) is 22.2 Å². The quantitative estimate of drug-likeness (QED) is 0.0731. The van der Waals surface area contributed by atoms with E-state index in [4.69, 9.17) is 43.7 Å². The molecule has 3 aromatic rings. The molecule has 302 valence electrons. The van der Waals surface area contributed by atoms with Gasteiger partial charge < -0.3 is 4.74 Å². The minimum absolute atomic E-state index is 0.0122. The second-order valence-corrected chi connectivity index (χ2v) is 16.7. The molecule has 3 rings (SSSR count). The van der Waals surface area contributed by atoms with Gasteiger partial charge in [0.05, 0.1) is 6.61 Å². The molecule has 0 saturated heterocycles. The Hall–Kier alpha value is -3.98. The third-order valence-corrected chi connectivity index (χ3v) is 14.4. The van der Waals surface area contributed by atoms with Crippen molar-refractivity contribution < 1.29 is 50.2 Å². The summed E-state index contributed by atoms with van der Waals surface area (Å²) in [7, 11) is -6.62. The van der Waals surface area contributed by atoms with Gasteiger partial charge in [-0.05, 0) is 32.1 Å². The molecule has 0 bridgehead atoms. The molecule has 0 saturated carbocycles. The molecule has 0 aliphatic rings. The molecule has 2 heterocycles. The second-order valence-electron chi connectivity index (χ2n) is 10.9. The van der Waals surface area contributed by atoms with E-state index in [-0.39, 0.29) is 78.1 Å². The smallest absolute Gasteiger partial charge is 0.268 e. The molecule has 19 heteroatoms. The van der Waals surface area contributed by atoms with Crippen LogP contribution < -0.4 is 25.7 Å². The Morgan fingerprint density at radius 1 is 1.02 bits per heavy atom. The number of benzene rings is 1. The summed E-state index contributed by atoms with van der Waals surface area (Å²) >= 11 is 6.73. The van der Waals surface area contributed by atoms with E-state index in [1.54, 1.807) is 47.6 Å². The molecule has 0 aliphatic heterocycles. The summed E-state index contributed by atoms with van der Waals surface area (Å²) in [4.78, 5) is 31.3. The number of nitrogens with one attached hydrogen (secondary N) is 2. The maximum atomic E-state index is 15.6. The Labute approximate surface area is 324 Å². The van der Waals surface area contributed by atoms with Crippen LogP contribution >= 0.6 is 27.1 Å². The van der Waals surface area contributed by atoms with Crippen LogP contribution in [-0.4, -0.2) is 61.1 Å². The Morgan fingerprint density at radius 2 is 1.69 bits per heavy atom. The SMILES string of the molecule is C=C(F)/C=C\C(=C/C)n1ccc(OCC)c(C(=O)Nc2ccc(Oc3ccnc(NC(P(=O)(OCC)OCC)[PH](OC)(OCC)OCC)c3Cl)c(F)c2)c1=O. The van der Waals surface area contributed by atoms with Gasteiger partial charge in [0, 0.05) is 11.9 Å². The zero-order valence-electron chi connectivity index (χ0n) is 31.7. The topological polar surface area (TPSA) is 158 Å². The minimum Gasteiger partial charge on any atom is -0.268 e. The first-order valence-corrected chi connectivity index (χ1v) is 21.1. The molecule has 0 spiro atoms. The number of halogens is 3. The number of carbonyl (C=O) groups excluding carboxylic acids is 1. The Kier molecular flexibility index (Phi) is 17.6. The Morgan fingerprint density at radius 3 is 2.24 bits per heavy atom. The molecule has 2 aromatic heterocycles. The molecule has 0 fully saturated rings. The predicted molar refractivity (Wildman–Crippen MR) is 212 cm³/mol. The number of hydrogen-bond donors (Lipinski definition) is 2. The van der Waals surface area contributed by atoms with Crippen LogP contribution in [0.5, 0.6) is 17.2 Å². The summed E-state index contributed by atoms with van der Waals surface area (Å²) in [5, 5.41) is 5.37. The van der Waals surface area contributed by atoms with Crippen LogP contribution in [0.1, 0.15) is 51.9 Å². The van der Waals surface area contributed by atoms with Crippen molar-refractivity contribution in [3.63, 3.8) is 0 Å². The number of hydrogen-bond acceptors (Lipinski definition) is 12. The molecule has 55 heavy (non-hydrogen) atoms. The fourth-order valence-electron chi connectivity index (χ4n) is 5.15. The van der Waals surface area contributed by atoms with Crippen molar-refractivity contribution in [1.29, 1.82) is 0 Å². The Bertz CT molecular complexity index is 1960. The van der Waals surface area contributed by atoms with Crippen molar-refractivity contribution >= 4 is 50.2 Å². The molecule has 0 radical (unpaired) electrons. The van der Waals surface area contributed by atoms with Gasteiger partial charge in [0.1, 0.15) is 17.1 Å². The number of aromatic nitrogens is 2. The van der Waals surface area contributed by atoms with Crippen LogP contribution in [0.2, 0.25) is 5.02 Å². The fraction of sp³-hybridized carbons (Fsp3) is 0.361. The molecule has 1 aromatic carbocycles. The molecule has 2 N–H and O–H groups in total. The van der Waals surface area contributed by atoms with Crippen LogP contribution in [0.15, 0.2) is 78.2 Å². The number of nitrogens with zero attached hydrogens (tertiary/aromatic N) is 2. The summed E-state index contributed by atoms with van der Waals surface area (Å²) in [6, 6.07) is 6.36. The van der Waals surface area contributed by atoms with Crippen LogP contribution in [0, 0.1) is 5.82 Å². The summed E-state index contributed by atoms with van der Waals surface area (Å²) in [5.41, 5.74) is -2.23. The largest absolute Gasteiger partial charge is 0.271 e. The van der Waals surface area contributed by atoms with Gasteiger partial charge in [-0.2, -0.15) is 0 Å². The molecule has 1 atom stereocenters. The number of carbonyl (C=O) groups is 1. The zero-order chi connectivity index (χ0) is 40.8. The van der Waals surface area contributed by atoms with E-state index in [1.807, 2.05) is 0 Å². The monoisotopic (exact) mass is 830 g/mol. The van der Waals surface area contributed by atoms with Crippen LogP contribution in [0.4, 0.5) is 20.3 Å². The van der Waals surface area contributed by atoms with Crippen LogP contribution in [0.3, 0.4) is 0 Å². The first-order chi connectivity index (χ1) is 26.3. The van der Waals surface area contributed by atoms with Gasteiger partial charge in [0.2, 0.25) is 0 Å². The third-order valence-electron chi connectivity index (χ3n) is 7.37. The standard InChI is InChI=1S/C36H47ClF2N4O10P2/c1-9-26(17-15-24(7)38)43-22-20-29(48-10-2)31(35(43)45)34(44)41-25-16-18-28(27(39)23-25)53-30-19-21-40-33(32(30)37)42-36(54(46,49-11-3)50-12-4)55(47-8,51-13-5)52-14-6/h9,15-23,36,55H,7,10-14H2,1-6,8H3,(H,40,42)(H,41,44)/b17-15-,26-9+. The summed E-state index contributed by atoms with van der Waals surface area (Å²) in [6.07, 6.45) is 6.64. The average Bonchev–Trinajstić information content (AvgIpc) is 3.14. The average molecular weight is 831 g/mol. The fourth-order valence-corrected chi connectivity index (χ4v) is 11.5. The first kappa shape index (κ1) is 45.4. The van der Waals surface area contributed by atoms with Crippen molar-refractivity contribution in [3.05, 3.63) is 100 Å². The summed E-state index contributed by atoms with van der Waals surface area (Å²) in [6.45, 7) is 13.7. The number of pyridine rings is 2. The molecule has 1 amide bonds. The molecule has 1 unspecified atom stereocenters. The van der Waals surface area contributed by atoms with Crippen molar-refractivity contribution in [2.75, 3.05) is 50.8 Å². The molecule has 0 aliphatic carbocycles. The van der Waals surface area contributed by atoms with Gasteiger partial charge in [-0.25, -0.2) is 4.39 Å². The van der Waals surface area contributed by atoms with Crippen molar-refractivity contribution in [3.8, 4) is 17.2 Å². The number of ether oxygens (including phenoxy) is 2. The van der Waals surface area contributed by atoms with Crippen molar-refractivity contribution in [2.24, 2.45) is 0 Å². The first-order valence-electron chi connectivity index (χ1n) is 17.3. The number of allylic oxidation sites excluding steroid dienone is 5. The van der Waals surface area contributed by atoms with Gasteiger partial charge in [0.15, 0.2) is 0 Å². The van der Waals surface area contributed by atoms with E-state index in [1.165, 1.54) is 49.8 Å². The number of anilines is 2. The van der Waals surface area contributed by atoms with Crippen molar-refractivity contribution in [1.82, 2.24) is 9.55 Å². The van der Waals surface area contributed by atoms with Crippen LogP contribution in [0.25, 0.3) is 5.70 Å². The van der Waals surface area contributed by atoms with E-state index >= 15 is 4.39 Å². The number of amides is 1. The van der Waals surface area contributed by atoms with Gasteiger partial charge in [-0.3, -0.25) is 14.2 Å². The second kappa shape index (κ2) is 21.4. The van der Waals surface area contributed by atoms with Crippen molar-refractivity contribution in [2.45, 2.75) is 47.1 Å². The number of rotatable bonds is 22. The third kappa shape index (κ3) is 11.3. The summed E-state index contributed by atoms with van der Waals surface area (Å²) in [5.74, 6) is -2.93. The maximum Gasteiger partial charge on any atom is 0.271 e. The molecular weight excluding hydrogens is 784 g/mol. The van der Waals surface area contributed by atoms with Gasteiger partial charge >= 0.3 is 216 Å². The Balaban J connectivity index is 1.97. The van der Waals surface area contributed by atoms with Gasteiger partial charge in [0.25, 0.3) is 5.56 Å². The van der Waals surface area contributed by atoms with Gasteiger partial charge in [-0.15, -0.1) is 0 Å². The zero-order valence-corrected chi connectivity index (χ0v) is 34.3. The normalized spacial score (nSPS) is 13.1. The van der Waals surface area contributed by atoms with Gasteiger partial charge in [-0.1, -0.05) is 12.7 Å². The maximum absolute atomic E-state index is 15.6. The molecule has 14 nitrogen and oxygen atoms in total. The van der Waals surface area contributed by atoms with Crippen LogP contribution in [-0.2, 0) is 27.2 Å².